The Hall–Kier alpha value is -4.24. The van der Waals surface area contributed by atoms with Gasteiger partial charge in [-0.05, 0) is 61.4 Å². The average molecular weight is 599 g/mol. The summed E-state index contributed by atoms with van der Waals surface area (Å²) in [5, 5.41) is 13.4. The molecule has 0 saturated heterocycles. The fourth-order valence-corrected chi connectivity index (χ4v) is 5.31. The fraction of sp³-hybridized carbons (Fsp3) is 0.200. The third-order valence-corrected chi connectivity index (χ3v) is 7.51. The van der Waals surface area contributed by atoms with E-state index in [1.807, 2.05) is 91.9 Å². The first kappa shape index (κ1) is 31.2. The molecular formula is C35H31N2NaO6. The Balaban J connectivity index is 0.00000384. The molecule has 44 heavy (non-hydrogen) atoms. The van der Waals surface area contributed by atoms with Crippen LogP contribution in [-0.2, 0) is 17.9 Å². The normalized spacial score (nSPS) is 11.7. The molecular weight excluding hydrogens is 567 g/mol. The first-order chi connectivity index (χ1) is 21.0. The van der Waals surface area contributed by atoms with Crippen molar-refractivity contribution in [1.82, 2.24) is 9.55 Å². The van der Waals surface area contributed by atoms with Gasteiger partial charge < -0.3 is 33.1 Å². The zero-order valence-corrected chi connectivity index (χ0v) is 27.2. The third-order valence-electron chi connectivity index (χ3n) is 7.51. The molecule has 0 radical (unpaired) electrons. The molecule has 0 saturated carbocycles. The van der Waals surface area contributed by atoms with E-state index in [9.17, 15) is 9.90 Å². The van der Waals surface area contributed by atoms with Crippen LogP contribution in [0.4, 0.5) is 0 Å². The minimum atomic E-state index is -1.23. The Bertz CT molecular complexity index is 1910. The SMILES string of the molecule is CCC(Oc1cccc2c1c1ccccc1n2Cc1ccc(OCc2nc(-c3ccccc3)oc2C)c(OC)c1)C(=O)[O-].[Na+]. The van der Waals surface area contributed by atoms with Gasteiger partial charge in [-0.15, -0.1) is 0 Å². The number of carbonyl (C=O) groups is 1. The standard InChI is InChI=1S/C35H32N2O6.Na/c1-4-29(35(38)39)43-31-16-10-15-28-33(31)25-13-8-9-14-27(25)37(28)20-23-17-18-30(32(19-23)40-3)41-21-26-22(2)42-34(36-26)24-11-6-5-7-12-24;/h5-19,29H,4,20-21H2,1-3H3,(H,38,39);/q;+1/p-1. The van der Waals surface area contributed by atoms with E-state index in [0.717, 1.165) is 38.6 Å². The molecule has 0 aliphatic rings. The van der Waals surface area contributed by atoms with Crippen molar-refractivity contribution < 1.29 is 58.1 Å². The van der Waals surface area contributed by atoms with Gasteiger partial charge in [-0.2, -0.15) is 0 Å². The van der Waals surface area contributed by atoms with Crippen molar-refractivity contribution in [3.05, 3.63) is 108 Å². The molecule has 0 fully saturated rings. The summed E-state index contributed by atoms with van der Waals surface area (Å²) in [5.74, 6) is 1.75. The van der Waals surface area contributed by atoms with Gasteiger partial charge in [0.05, 0.1) is 18.6 Å². The molecule has 2 heterocycles. The molecule has 1 unspecified atom stereocenters. The van der Waals surface area contributed by atoms with E-state index < -0.39 is 12.1 Å². The van der Waals surface area contributed by atoms with Crippen LogP contribution in [0.2, 0.25) is 0 Å². The van der Waals surface area contributed by atoms with Crippen LogP contribution in [0.25, 0.3) is 33.3 Å². The Labute approximate surface area is 277 Å². The summed E-state index contributed by atoms with van der Waals surface area (Å²) < 4.78 is 25.8. The van der Waals surface area contributed by atoms with Gasteiger partial charge in [0, 0.05) is 28.4 Å². The average Bonchev–Trinajstić information content (AvgIpc) is 3.57. The maximum absolute atomic E-state index is 11.6. The Morgan fingerprint density at radius 3 is 2.43 bits per heavy atom. The van der Waals surface area contributed by atoms with Crippen LogP contribution in [0.3, 0.4) is 0 Å². The molecule has 0 spiro atoms. The number of hydrogen-bond acceptors (Lipinski definition) is 7. The van der Waals surface area contributed by atoms with E-state index in [2.05, 4.69) is 9.55 Å². The van der Waals surface area contributed by atoms with Gasteiger partial charge in [-0.25, -0.2) is 4.98 Å². The molecule has 2 aromatic heterocycles. The van der Waals surface area contributed by atoms with Crippen molar-refractivity contribution in [2.24, 2.45) is 0 Å². The molecule has 8 nitrogen and oxygen atoms in total. The largest absolute Gasteiger partial charge is 1.00 e. The van der Waals surface area contributed by atoms with E-state index in [1.54, 1.807) is 20.1 Å². The number of para-hydroxylation sites is 1. The summed E-state index contributed by atoms with van der Waals surface area (Å²) in [6.07, 6.45) is -0.730. The number of aromatic nitrogens is 2. The number of carboxylic acids is 1. The molecule has 218 valence electrons. The smallest absolute Gasteiger partial charge is 0.546 e. The van der Waals surface area contributed by atoms with E-state index >= 15 is 0 Å². The van der Waals surface area contributed by atoms with Gasteiger partial charge in [0.15, 0.2) is 11.5 Å². The number of hydrogen-bond donors (Lipinski definition) is 0. The monoisotopic (exact) mass is 598 g/mol. The number of carboxylic acid groups (broad SMARTS) is 1. The molecule has 9 heteroatoms. The van der Waals surface area contributed by atoms with Crippen LogP contribution in [0, 0.1) is 6.92 Å². The predicted molar refractivity (Wildman–Crippen MR) is 162 cm³/mol. The van der Waals surface area contributed by atoms with E-state index in [1.165, 1.54) is 0 Å². The van der Waals surface area contributed by atoms with Gasteiger partial charge in [0.1, 0.15) is 29.9 Å². The number of methoxy groups -OCH3 is 1. The second kappa shape index (κ2) is 13.6. The molecule has 1 atom stereocenters. The molecule has 6 aromatic rings. The summed E-state index contributed by atoms with van der Waals surface area (Å²) in [6.45, 7) is 4.42. The maximum atomic E-state index is 11.6. The van der Waals surface area contributed by atoms with E-state index in [4.69, 9.17) is 18.6 Å². The van der Waals surface area contributed by atoms with Crippen molar-refractivity contribution in [2.75, 3.05) is 7.11 Å². The van der Waals surface area contributed by atoms with Crippen molar-refractivity contribution in [2.45, 2.75) is 39.5 Å². The van der Waals surface area contributed by atoms with Gasteiger partial charge >= 0.3 is 29.6 Å². The molecule has 0 N–H and O–H groups in total. The Morgan fingerprint density at radius 1 is 0.932 bits per heavy atom. The summed E-state index contributed by atoms with van der Waals surface area (Å²) in [4.78, 5) is 16.2. The minimum Gasteiger partial charge on any atom is -0.546 e. The number of fused-ring (bicyclic) bond motifs is 3. The van der Waals surface area contributed by atoms with Crippen LogP contribution >= 0.6 is 0 Å². The number of rotatable bonds is 11. The quantitative estimate of drug-likeness (QED) is 0.211. The number of aliphatic carboxylic acids is 1. The zero-order valence-electron chi connectivity index (χ0n) is 25.2. The van der Waals surface area contributed by atoms with Crippen LogP contribution in [0.5, 0.6) is 17.2 Å². The number of oxazole rings is 1. The topological polar surface area (TPSA) is 98.8 Å². The van der Waals surface area contributed by atoms with Crippen LogP contribution in [0.15, 0.2) is 95.4 Å². The second-order valence-electron chi connectivity index (χ2n) is 10.2. The second-order valence-corrected chi connectivity index (χ2v) is 10.2. The van der Waals surface area contributed by atoms with Crippen LogP contribution < -0.4 is 48.9 Å². The van der Waals surface area contributed by atoms with E-state index in [-0.39, 0.29) is 36.2 Å². The van der Waals surface area contributed by atoms with Crippen LogP contribution in [0.1, 0.15) is 30.4 Å². The first-order valence-electron chi connectivity index (χ1n) is 14.2. The molecule has 0 amide bonds. The number of benzene rings is 4. The minimum absolute atomic E-state index is 0. The molecule has 4 aromatic carbocycles. The zero-order chi connectivity index (χ0) is 29.9. The molecule has 0 aliphatic heterocycles. The van der Waals surface area contributed by atoms with Gasteiger partial charge in [0.25, 0.3) is 0 Å². The van der Waals surface area contributed by atoms with Gasteiger partial charge in [-0.3, -0.25) is 0 Å². The van der Waals surface area contributed by atoms with Crippen molar-refractivity contribution in [1.29, 1.82) is 0 Å². The van der Waals surface area contributed by atoms with E-state index in [0.29, 0.717) is 41.9 Å². The number of ether oxygens (including phenoxy) is 3. The van der Waals surface area contributed by atoms with Crippen molar-refractivity contribution in [3.63, 3.8) is 0 Å². The summed E-state index contributed by atoms with van der Waals surface area (Å²) in [5.41, 5.74) is 4.57. The summed E-state index contributed by atoms with van der Waals surface area (Å²) >= 11 is 0. The Kier molecular flexibility index (Phi) is 9.64. The third kappa shape index (κ3) is 6.19. The summed E-state index contributed by atoms with van der Waals surface area (Å²) in [7, 11) is 1.62. The predicted octanol–water partition coefficient (Wildman–Crippen LogP) is 3.31. The van der Waals surface area contributed by atoms with Crippen LogP contribution in [-0.4, -0.2) is 28.7 Å². The van der Waals surface area contributed by atoms with Gasteiger partial charge in [-0.1, -0.05) is 55.5 Å². The van der Waals surface area contributed by atoms with Crippen molar-refractivity contribution >= 4 is 27.8 Å². The molecule has 0 aliphatic carbocycles. The maximum Gasteiger partial charge on any atom is 1.00 e. The number of nitrogens with zero attached hydrogens (tertiary/aromatic N) is 2. The fourth-order valence-electron chi connectivity index (χ4n) is 5.31. The number of carbonyl (C=O) groups excluding carboxylic acids is 1. The van der Waals surface area contributed by atoms with Crippen molar-refractivity contribution in [3.8, 4) is 28.7 Å². The summed E-state index contributed by atoms with van der Waals surface area (Å²) in [6, 6.07) is 29.3. The Morgan fingerprint density at radius 2 is 1.68 bits per heavy atom. The van der Waals surface area contributed by atoms with Gasteiger partial charge in [0.2, 0.25) is 5.89 Å². The first-order valence-corrected chi connectivity index (χ1v) is 14.2. The number of aryl methyl sites for hydroxylation is 1. The molecule has 0 bridgehead atoms. The molecule has 6 rings (SSSR count).